The van der Waals surface area contributed by atoms with E-state index in [0.29, 0.717) is 38.4 Å². The Morgan fingerprint density at radius 2 is 1.84 bits per heavy atom. The summed E-state index contributed by atoms with van der Waals surface area (Å²) < 4.78 is 10.5. The van der Waals surface area contributed by atoms with E-state index in [1.165, 1.54) is 32.1 Å². The van der Waals surface area contributed by atoms with Gasteiger partial charge in [0.25, 0.3) is 0 Å². The van der Waals surface area contributed by atoms with Gasteiger partial charge in [0.1, 0.15) is 0 Å². The molecule has 1 fully saturated rings. The SMILES string of the molecule is CCOCCOCC(O)CNCC1(CC)CCCC1. The van der Waals surface area contributed by atoms with Crippen molar-refractivity contribution in [1.82, 2.24) is 5.32 Å². The Bertz CT molecular complexity index is 217. The Hall–Kier alpha value is -0.160. The predicted octanol–water partition coefficient (Wildman–Crippen LogP) is 1.96. The van der Waals surface area contributed by atoms with Crippen LogP contribution in [0, 0.1) is 5.41 Å². The summed E-state index contributed by atoms with van der Waals surface area (Å²) in [6.45, 7) is 8.16. The highest BCUT2D eigenvalue weighted by atomic mass is 16.5. The molecule has 1 aliphatic rings. The Morgan fingerprint density at radius 1 is 1.16 bits per heavy atom. The molecule has 114 valence electrons. The lowest BCUT2D eigenvalue weighted by Crippen LogP contribution is -2.37. The third-order valence-corrected chi connectivity index (χ3v) is 4.18. The van der Waals surface area contributed by atoms with Gasteiger partial charge in [-0.1, -0.05) is 19.8 Å². The number of ether oxygens (including phenoxy) is 2. The lowest BCUT2D eigenvalue weighted by atomic mass is 9.83. The van der Waals surface area contributed by atoms with Crippen LogP contribution in [0.1, 0.15) is 46.0 Å². The molecule has 4 heteroatoms. The Labute approximate surface area is 117 Å². The molecule has 19 heavy (non-hydrogen) atoms. The van der Waals surface area contributed by atoms with E-state index in [4.69, 9.17) is 9.47 Å². The molecular formula is C15H31NO3. The lowest BCUT2D eigenvalue weighted by Gasteiger charge is -2.28. The summed E-state index contributed by atoms with van der Waals surface area (Å²) in [5, 5.41) is 13.2. The number of aliphatic hydroxyl groups is 1. The van der Waals surface area contributed by atoms with Gasteiger partial charge in [0.05, 0.1) is 25.9 Å². The van der Waals surface area contributed by atoms with Crippen LogP contribution in [0.2, 0.25) is 0 Å². The maximum Gasteiger partial charge on any atom is 0.0897 e. The zero-order valence-electron chi connectivity index (χ0n) is 12.6. The van der Waals surface area contributed by atoms with Crippen molar-refractivity contribution in [3.63, 3.8) is 0 Å². The minimum Gasteiger partial charge on any atom is -0.389 e. The van der Waals surface area contributed by atoms with Gasteiger partial charge in [-0.2, -0.15) is 0 Å². The van der Waals surface area contributed by atoms with E-state index >= 15 is 0 Å². The first-order valence-corrected chi connectivity index (χ1v) is 7.76. The molecule has 1 aliphatic carbocycles. The van der Waals surface area contributed by atoms with Crippen LogP contribution in [-0.4, -0.2) is 50.7 Å². The molecule has 1 unspecified atom stereocenters. The zero-order valence-corrected chi connectivity index (χ0v) is 12.6. The van der Waals surface area contributed by atoms with Crippen LogP contribution >= 0.6 is 0 Å². The van der Waals surface area contributed by atoms with Gasteiger partial charge in [0.15, 0.2) is 0 Å². The maximum atomic E-state index is 9.81. The van der Waals surface area contributed by atoms with Crippen molar-refractivity contribution in [3.8, 4) is 0 Å². The highest BCUT2D eigenvalue weighted by molar-refractivity contribution is 4.85. The molecule has 0 aromatic rings. The topological polar surface area (TPSA) is 50.7 Å². The van der Waals surface area contributed by atoms with E-state index in [-0.39, 0.29) is 0 Å². The van der Waals surface area contributed by atoms with Gasteiger partial charge in [0.2, 0.25) is 0 Å². The minimum atomic E-state index is -0.420. The summed E-state index contributed by atoms with van der Waals surface area (Å²) >= 11 is 0. The van der Waals surface area contributed by atoms with Gasteiger partial charge in [0, 0.05) is 19.7 Å². The third-order valence-electron chi connectivity index (χ3n) is 4.18. The number of aliphatic hydroxyl groups excluding tert-OH is 1. The van der Waals surface area contributed by atoms with Crippen LogP contribution in [0.3, 0.4) is 0 Å². The van der Waals surface area contributed by atoms with Crippen LogP contribution < -0.4 is 5.32 Å². The van der Waals surface area contributed by atoms with Crippen LogP contribution in [0.15, 0.2) is 0 Å². The van der Waals surface area contributed by atoms with E-state index < -0.39 is 6.10 Å². The second-order valence-electron chi connectivity index (χ2n) is 5.62. The predicted molar refractivity (Wildman–Crippen MR) is 77.4 cm³/mol. The molecule has 0 aromatic heterocycles. The molecule has 1 atom stereocenters. The number of nitrogens with one attached hydrogen (secondary N) is 1. The van der Waals surface area contributed by atoms with Gasteiger partial charge in [-0.15, -0.1) is 0 Å². The second kappa shape index (κ2) is 9.70. The Balaban J connectivity index is 2.01. The molecule has 0 spiro atoms. The molecule has 0 heterocycles. The quantitative estimate of drug-likeness (QED) is 0.565. The van der Waals surface area contributed by atoms with Crippen molar-refractivity contribution in [1.29, 1.82) is 0 Å². The van der Waals surface area contributed by atoms with E-state index in [1.807, 2.05) is 6.92 Å². The normalized spacial score (nSPS) is 19.7. The van der Waals surface area contributed by atoms with Crippen molar-refractivity contribution >= 4 is 0 Å². The Morgan fingerprint density at radius 3 is 2.47 bits per heavy atom. The average Bonchev–Trinajstić information content (AvgIpc) is 2.88. The van der Waals surface area contributed by atoms with Crippen LogP contribution in [-0.2, 0) is 9.47 Å². The molecule has 2 N–H and O–H groups in total. The molecular weight excluding hydrogens is 242 g/mol. The maximum absolute atomic E-state index is 9.81. The number of hydrogen-bond acceptors (Lipinski definition) is 4. The zero-order chi connectivity index (χ0) is 14.0. The van der Waals surface area contributed by atoms with Crippen LogP contribution in [0.4, 0.5) is 0 Å². The van der Waals surface area contributed by atoms with Crippen molar-refractivity contribution in [2.24, 2.45) is 5.41 Å². The summed E-state index contributed by atoms with van der Waals surface area (Å²) in [6.07, 6.45) is 6.20. The monoisotopic (exact) mass is 273 g/mol. The fourth-order valence-corrected chi connectivity index (χ4v) is 2.82. The number of rotatable bonds is 11. The molecule has 1 saturated carbocycles. The summed E-state index contributed by atoms with van der Waals surface area (Å²) in [6, 6.07) is 0. The van der Waals surface area contributed by atoms with Crippen molar-refractivity contribution in [2.75, 3.05) is 39.5 Å². The lowest BCUT2D eigenvalue weighted by molar-refractivity contribution is 0.00573. The van der Waals surface area contributed by atoms with Gasteiger partial charge in [-0.05, 0) is 31.6 Å². The first-order chi connectivity index (χ1) is 9.22. The Kier molecular flexibility index (Phi) is 8.62. The van der Waals surface area contributed by atoms with Crippen molar-refractivity contribution in [2.45, 2.75) is 52.1 Å². The van der Waals surface area contributed by atoms with Crippen LogP contribution in [0.5, 0.6) is 0 Å². The summed E-state index contributed by atoms with van der Waals surface area (Å²) in [5.41, 5.74) is 0.482. The minimum absolute atomic E-state index is 0.388. The second-order valence-corrected chi connectivity index (χ2v) is 5.62. The summed E-state index contributed by atoms with van der Waals surface area (Å²) in [5.74, 6) is 0. The molecule has 0 aromatic carbocycles. The smallest absolute Gasteiger partial charge is 0.0897 e. The van der Waals surface area contributed by atoms with E-state index in [1.54, 1.807) is 0 Å². The van der Waals surface area contributed by atoms with E-state index in [2.05, 4.69) is 12.2 Å². The van der Waals surface area contributed by atoms with E-state index in [9.17, 15) is 5.11 Å². The molecule has 0 amide bonds. The highest BCUT2D eigenvalue weighted by Gasteiger charge is 2.31. The van der Waals surface area contributed by atoms with Crippen LogP contribution in [0.25, 0.3) is 0 Å². The number of hydrogen-bond donors (Lipinski definition) is 2. The average molecular weight is 273 g/mol. The first kappa shape index (κ1) is 16.9. The van der Waals surface area contributed by atoms with Crippen molar-refractivity contribution in [3.05, 3.63) is 0 Å². The first-order valence-electron chi connectivity index (χ1n) is 7.76. The van der Waals surface area contributed by atoms with Crippen molar-refractivity contribution < 1.29 is 14.6 Å². The molecule has 0 radical (unpaired) electrons. The van der Waals surface area contributed by atoms with Gasteiger partial charge in [-0.25, -0.2) is 0 Å². The molecule has 1 rings (SSSR count). The van der Waals surface area contributed by atoms with E-state index in [0.717, 1.165) is 6.54 Å². The molecule has 4 nitrogen and oxygen atoms in total. The largest absolute Gasteiger partial charge is 0.389 e. The standard InChI is InChI=1S/C15H31NO3/c1-3-15(7-5-6-8-15)13-16-11-14(17)12-19-10-9-18-4-2/h14,16-17H,3-13H2,1-2H3. The summed E-state index contributed by atoms with van der Waals surface area (Å²) in [4.78, 5) is 0. The molecule has 0 saturated heterocycles. The molecule has 0 bridgehead atoms. The fraction of sp³-hybridized carbons (Fsp3) is 1.00. The van der Waals surface area contributed by atoms with Gasteiger partial charge >= 0.3 is 0 Å². The molecule has 0 aliphatic heterocycles. The third kappa shape index (κ3) is 6.70. The fourth-order valence-electron chi connectivity index (χ4n) is 2.82. The summed E-state index contributed by atoms with van der Waals surface area (Å²) in [7, 11) is 0. The highest BCUT2D eigenvalue weighted by Crippen LogP contribution is 2.40. The van der Waals surface area contributed by atoms with Gasteiger partial charge < -0.3 is 19.9 Å². The van der Waals surface area contributed by atoms with Gasteiger partial charge in [-0.3, -0.25) is 0 Å².